The van der Waals surface area contributed by atoms with Crippen LogP contribution < -0.4 is 5.32 Å². The summed E-state index contributed by atoms with van der Waals surface area (Å²) in [7, 11) is 0. The van der Waals surface area contributed by atoms with Crippen LogP contribution in [0.2, 0.25) is 0 Å². The molecule has 24 heavy (non-hydrogen) atoms. The summed E-state index contributed by atoms with van der Waals surface area (Å²) in [5.41, 5.74) is 0.597. The minimum atomic E-state index is -0.309. The zero-order valence-corrected chi connectivity index (χ0v) is 13.4. The van der Waals surface area contributed by atoms with Gasteiger partial charge in [-0.3, -0.25) is 14.9 Å². The van der Waals surface area contributed by atoms with Crippen molar-refractivity contribution in [2.45, 2.75) is 31.6 Å². The van der Waals surface area contributed by atoms with Crippen LogP contribution in [0.1, 0.15) is 53.5 Å². The van der Waals surface area contributed by atoms with Crippen LogP contribution in [0.15, 0.2) is 28.9 Å². The quantitative estimate of drug-likeness (QED) is 0.930. The standard InChI is InChI=1S/C17H18N4O3/c1-10-8-21(9-14(22)20-17-18-5-2-6-19-17)16(23)12-7-13(11-3-4-11)24-15(10)12/h2,5-7,10-11H,3-4,8-9H2,1H3,(H,18,19,20,22). The SMILES string of the molecule is CC1CN(CC(=O)Nc2ncccn2)C(=O)c2cc(C3CC3)oc21. The van der Waals surface area contributed by atoms with E-state index in [1.54, 1.807) is 23.4 Å². The van der Waals surface area contributed by atoms with Gasteiger partial charge in [0.25, 0.3) is 5.91 Å². The Balaban J connectivity index is 1.48. The Morgan fingerprint density at radius 1 is 1.38 bits per heavy atom. The van der Waals surface area contributed by atoms with E-state index in [1.807, 2.05) is 13.0 Å². The second-order valence-electron chi connectivity index (χ2n) is 6.41. The fraction of sp³-hybridized carbons (Fsp3) is 0.412. The van der Waals surface area contributed by atoms with E-state index in [0.717, 1.165) is 24.4 Å². The normalized spacial score (nSPS) is 20.0. The van der Waals surface area contributed by atoms with Crippen LogP contribution in [0.4, 0.5) is 5.95 Å². The lowest BCUT2D eigenvalue weighted by Crippen LogP contribution is -2.43. The van der Waals surface area contributed by atoms with E-state index in [9.17, 15) is 9.59 Å². The number of furan rings is 1. The Bertz CT molecular complexity index is 782. The van der Waals surface area contributed by atoms with Gasteiger partial charge in [0.05, 0.1) is 5.56 Å². The second kappa shape index (κ2) is 5.74. The molecule has 3 heterocycles. The van der Waals surface area contributed by atoms with Gasteiger partial charge in [0, 0.05) is 30.8 Å². The van der Waals surface area contributed by atoms with Gasteiger partial charge in [-0.2, -0.15) is 0 Å². The molecule has 2 aliphatic rings. The Kier molecular flexibility index (Phi) is 3.55. The largest absolute Gasteiger partial charge is 0.465 e. The van der Waals surface area contributed by atoms with Crippen molar-refractivity contribution >= 4 is 17.8 Å². The van der Waals surface area contributed by atoms with Crippen LogP contribution in [-0.2, 0) is 4.79 Å². The zero-order chi connectivity index (χ0) is 16.7. The molecule has 2 amide bonds. The van der Waals surface area contributed by atoms with Gasteiger partial charge in [-0.25, -0.2) is 9.97 Å². The summed E-state index contributed by atoms with van der Waals surface area (Å²) in [6.45, 7) is 2.45. The first-order chi connectivity index (χ1) is 11.6. The maximum atomic E-state index is 12.7. The first kappa shape index (κ1) is 14.9. The number of nitrogens with one attached hydrogen (secondary N) is 1. The van der Waals surface area contributed by atoms with Gasteiger partial charge in [0.2, 0.25) is 11.9 Å². The van der Waals surface area contributed by atoms with Crippen LogP contribution >= 0.6 is 0 Å². The molecule has 7 nitrogen and oxygen atoms in total. The second-order valence-corrected chi connectivity index (χ2v) is 6.41. The molecule has 1 unspecified atom stereocenters. The highest BCUT2D eigenvalue weighted by Crippen LogP contribution is 2.43. The first-order valence-corrected chi connectivity index (χ1v) is 8.11. The predicted molar refractivity (Wildman–Crippen MR) is 85.7 cm³/mol. The van der Waals surface area contributed by atoms with E-state index in [-0.39, 0.29) is 30.2 Å². The van der Waals surface area contributed by atoms with E-state index in [4.69, 9.17) is 4.42 Å². The molecule has 0 spiro atoms. The number of carbonyl (C=O) groups is 2. The van der Waals surface area contributed by atoms with Gasteiger partial charge in [-0.15, -0.1) is 0 Å². The molecular formula is C17H18N4O3. The monoisotopic (exact) mass is 326 g/mol. The number of anilines is 1. The number of amides is 2. The van der Waals surface area contributed by atoms with Crippen molar-refractivity contribution in [3.05, 3.63) is 41.6 Å². The van der Waals surface area contributed by atoms with Crippen molar-refractivity contribution in [1.29, 1.82) is 0 Å². The summed E-state index contributed by atoms with van der Waals surface area (Å²) < 4.78 is 5.89. The summed E-state index contributed by atoms with van der Waals surface area (Å²) in [4.78, 5) is 34.3. The lowest BCUT2D eigenvalue weighted by molar-refractivity contribution is -0.117. The Morgan fingerprint density at radius 2 is 2.12 bits per heavy atom. The summed E-state index contributed by atoms with van der Waals surface area (Å²) in [5, 5.41) is 2.60. The minimum absolute atomic E-state index is 0.0230. The number of hydrogen-bond acceptors (Lipinski definition) is 5. The zero-order valence-electron chi connectivity index (χ0n) is 13.4. The molecule has 0 radical (unpaired) electrons. The van der Waals surface area contributed by atoms with E-state index < -0.39 is 0 Å². The lowest BCUT2D eigenvalue weighted by atomic mass is 9.98. The summed E-state index contributed by atoms with van der Waals surface area (Å²) in [6, 6.07) is 3.53. The van der Waals surface area contributed by atoms with Gasteiger partial charge >= 0.3 is 0 Å². The molecule has 2 aromatic rings. The molecule has 1 fully saturated rings. The van der Waals surface area contributed by atoms with Crippen molar-refractivity contribution in [2.75, 3.05) is 18.4 Å². The van der Waals surface area contributed by atoms with E-state index in [2.05, 4.69) is 15.3 Å². The fourth-order valence-electron chi connectivity index (χ4n) is 3.03. The lowest BCUT2D eigenvalue weighted by Gasteiger charge is -2.29. The molecule has 1 N–H and O–H groups in total. The molecule has 7 heteroatoms. The third-order valence-corrected chi connectivity index (χ3v) is 4.37. The Morgan fingerprint density at radius 3 is 2.83 bits per heavy atom. The van der Waals surface area contributed by atoms with Gasteiger partial charge in [0.1, 0.15) is 18.1 Å². The number of nitrogens with zero attached hydrogens (tertiary/aromatic N) is 3. The number of carbonyl (C=O) groups excluding carboxylic acids is 2. The summed E-state index contributed by atoms with van der Waals surface area (Å²) >= 11 is 0. The van der Waals surface area contributed by atoms with Gasteiger partial charge in [-0.05, 0) is 25.0 Å². The molecule has 2 aromatic heterocycles. The molecule has 1 atom stereocenters. The number of aromatic nitrogens is 2. The predicted octanol–water partition coefficient (Wildman–Crippen LogP) is 2.15. The van der Waals surface area contributed by atoms with E-state index in [1.165, 1.54) is 0 Å². The summed E-state index contributed by atoms with van der Waals surface area (Å²) in [5.74, 6) is 1.97. The molecule has 1 aliphatic carbocycles. The van der Waals surface area contributed by atoms with Crippen LogP contribution in [0.5, 0.6) is 0 Å². The molecule has 1 saturated carbocycles. The van der Waals surface area contributed by atoms with Gasteiger partial charge < -0.3 is 9.32 Å². The maximum Gasteiger partial charge on any atom is 0.257 e. The smallest absolute Gasteiger partial charge is 0.257 e. The fourth-order valence-corrected chi connectivity index (χ4v) is 3.03. The number of rotatable bonds is 4. The molecule has 0 bridgehead atoms. The third kappa shape index (κ3) is 2.77. The summed E-state index contributed by atoms with van der Waals surface area (Å²) in [6.07, 6.45) is 5.35. The molecule has 0 saturated heterocycles. The maximum absolute atomic E-state index is 12.7. The van der Waals surface area contributed by atoms with Crippen molar-refractivity contribution in [3.63, 3.8) is 0 Å². The van der Waals surface area contributed by atoms with Crippen molar-refractivity contribution < 1.29 is 14.0 Å². The first-order valence-electron chi connectivity index (χ1n) is 8.11. The highest BCUT2D eigenvalue weighted by atomic mass is 16.3. The third-order valence-electron chi connectivity index (χ3n) is 4.37. The van der Waals surface area contributed by atoms with E-state index in [0.29, 0.717) is 18.0 Å². The van der Waals surface area contributed by atoms with E-state index >= 15 is 0 Å². The van der Waals surface area contributed by atoms with Gasteiger partial charge in [0.15, 0.2) is 0 Å². The minimum Gasteiger partial charge on any atom is -0.465 e. The molecule has 4 rings (SSSR count). The average Bonchev–Trinajstić information content (AvgIpc) is 3.31. The molecular weight excluding hydrogens is 308 g/mol. The average molecular weight is 326 g/mol. The van der Waals surface area contributed by atoms with Crippen molar-refractivity contribution in [1.82, 2.24) is 14.9 Å². The van der Waals surface area contributed by atoms with Gasteiger partial charge in [-0.1, -0.05) is 6.92 Å². The Labute approximate surface area is 139 Å². The number of fused-ring (bicyclic) bond motifs is 1. The highest BCUT2D eigenvalue weighted by molar-refractivity contribution is 6.00. The van der Waals surface area contributed by atoms with Crippen LogP contribution in [-0.4, -0.2) is 39.8 Å². The van der Waals surface area contributed by atoms with Crippen molar-refractivity contribution in [2.24, 2.45) is 0 Å². The topological polar surface area (TPSA) is 88.3 Å². The van der Waals surface area contributed by atoms with Crippen LogP contribution in [0, 0.1) is 0 Å². The molecule has 0 aromatic carbocycles. The van der Waals surface area contributed by atoms with Crippen molar-refractivity contribution in [3.8, 4) is 0 Å². The van der Waals surface area contributed by atoms with Crippen LogP contribution in [0.3, 0.4) is 0 Å². The van der Waals surface area contributed by atoms with Crippen LogP contribution in [0.25, 0.3) is 0 Å². The highest BCUT2D eigenvalue weighted by Gasteiger charge is 2.36. The molecule has 124 valence electrons. The molecule has 1 aliphatic heterocycles. The number of hydrogen-bond donors (Lipinski definition) is 1. The Hall–Kier alpha value is -2.70.